The van der Waals surface area contributed by atoms with Gasteiger partial charge < -0.3 is 10.5 Å². The molecule has 0 radical (unpaired) electrons. The number of nitrogen functional groups attached to an aromatic ring is 1. The smallest absolute Gasteiger partial charge is 0.292 e. The predicted molar refractivity (Wildman–Crippen MR) is 77.8 cm³/mol. The van der Waals surface area contributed by atoms with Crippen molar-refractivity contribution in [3.63, 3.8) is 0 Å². The van der Waals surface area contributed by atoms with Gasteiger partial charge in [-0.15, -0.1) is 0 Å². The molecule has 0 amide bonds. The first-order chi connectivity index (χ1) is 9.49. The molecule has 2 N–H and O–H groups in total. The summed E-state index contributed by atoms with van der Waals surface area (Å²) < 4.78 is 5.64. The minimum absolute atomic E-state index is 0.0915. The second kappa shape index (κ2) is 5.61. The third-order valence-electron chi connectivity index (χ3n) is 3.24. The van der Waals surface area contributed by atoms with Gasteiger partial charge in [0.05, 0.1) is 4.92 Å². The van der Waals surface area contributed by atoms with Crippen molar-refractivity contribution in [2.24, 2.45) is 0 Å². The minimum Gasteiger partial charge on any atom is -0.489 e. The third-order valence-corrected chi connectivity index (χ3v) is 3.24. The highest BCUT2D eigenvalue weighted by molar-refractivity contribution is 5.62. The molecule has 0 spiro atoms. The normalized spacial score (nSPS) is 10.3. The quantitative estimate of drug-likeness (QED) is 0.525. The minimum atomic E-state index is -0.491. The van der Waals surface area contributed by atoms with Crippen LogP contribution in [0.4, 0.5) is 11.4 Å². The summed E-state index contributed by atoms with van der Waals surface area (Å²) in [4.78, 5) is 10.3. The first kappa shape index (κ1) is 13.9. The van der Waals surface area contributed by atoms with E-state index in [9.17, 15) is 10.1 Å². The van der Waals surface area contributed by atoms with Crippen molar-refractivity contribution >= 4 is 11.4 Å². The standard InChI is InChI=1S/C15H16N2O3/c1-10-6-7-13(8-11(10)2)20-9-12-4-3-5-14(15(12)16)17(18)19/h3-8H,9,16H2,1-2H3. The van der Waals surface area contributed by atoms with Crippen molar-refractivity contribution in [1.82, 2.24) is 0 Å². The molecule has 5 heteroatoms. The van der Waals surface area contributed by atoms with Gasteiger partial charge in [0.15, 0.2) is 0 Å². The molecular formula is C15H16N2O3. The second-order valence-corrected chi connectivity index (χ2v) is 4.64. The van der Waals surface area contributed by atoms with Crippen LogP contribution in [0.25, 0.3) is 0 Å². The fraction of sp³-hybridized carbons (Fsp3) is 0.200. The first-order valence-corrected chi connectivity index (χ1v) is 6.21. The van der Waals surface area contributed by atoms with E-state index in [1.807, 2.05) is 32.0 Å². The third kappa shape index (κ3) is 2.88. The molecule has 5 nitrogen and oxygen atoms in total. The molecule has 2 rings (SSSR count). The van der Waals surface area contributed by atoms with E-state index < -0.39 is 4.92 Å². The highest BCUT2D eigenvalue weighted by Gasteiger charge is 2.14. The molecule has 0 aliphatic carbocycles. The summed E-state index contributed by atoms with van der Waals surface area (Å²) in [5.74, 6) is 0.721. The van der Waals surface area contributed by atoms with E-state index in [2.05, 4.69) is 0 Å². The molecule has 104 valence electrons. The Bertz CT molecular complexity index is 654. The molecule has 0 atom stereocenters. The summed E-state index contributed by atoms with van der Waals surface area (Å²) in [5.41, 5.74) is 8.77. The zero-order chi connectivity index (χ0) is 14.7. The molecule has 0 aliphatic heterocycles. The number of benzene rings is 2. The molecule has 20 heavy (non-hydrogen) atoms. The van der Waals surface area contributed by atoms with E-state index in [0.29, 0.717) is 5.56 Å². The Morgan fingerprint density at radius 2 is 1.95 bits per heavy atom. The van der Waals surface area contributed by atoms with Crippen molar-refractivity contribution in [1.29, 1.82) is 0 Å². The Hall–Kier alpha value is -2.56. The van der Waals surface area contributed by atoms with Crippen LogP contribution in [-0.4, -0.2) is 4.92 Å². The van der Waals surface area contributed by atoms with Crippen molar-refractivity contribution in [3.8, 4) is 5.75 Å². The SMILES string of the molecule is Cc1ccc(OCc2cccc([N+](=O)[O-])c2N)cc1C. The molecule has 0 fully saturated rings. The summed E-state index contributed by atoms with van der Waals surface area (Å²) in [5, 5.41) is 10.8. The Morgan fingerprint density at radius 1 is 1.20 bits per heavy atom. The molecular weight excluding hydrogens is 256 g/mol. The highest BCUT2D eigenvalue weighted by atomic mass is 16.6. The molecule has 0 saturated carbocycles. The van der Waals surface area contributed by atoms with Gasteiger partial charge in [-0.2, -0.15) is 0 Å². The monoisotopic (exact) mass is 272 g/mol. The number of aryl methyl sites for hydroxylation is 2. The lowest BCUT2D eigenvalue weighted by atomic mass is 10.1. The van der Waals surface area contributed by atoms with E-state index in [0.717, 1.165) is 11.3 Å². The number of anilines is 1. The molecule has 0 aromatic heterocycles. The van der Waals surface area contributed by atoms with Crippen LogP contribution in [0.15, 0.2) is 36.4 Å². The van der Waals surface area contributed by atoms with Gasteiger partial charge >= 0.3 is 0 Å². The molecule has 0 bridgehead atoms. The summed E-state index contributed by atoms with van der Waals surface area (Å²) in [6, 6.07) is 10.5. The maximum absolute atomic E-state index is 10.8. The average molecular weight is 272 g/mol. The van der Waals surface area contributed by atoms with Crippen LogP contribution in [0.2, 0.25) is 0 Å². The van der Waals surface area contributed by atoms with E-state index in [4.69, 9.17) is 10.5 Å². The summed E-state index contributed by atoms with van der Waals surface area (Å²) in [6.07, 6.45) is 0. The largest absolute Gasteiger partial charge is 0.489 e. The average Bonchev–Trinajstić information content (AvgIpc) is 2.41. The van der Waals surface area contributed by atoms with Crippen LogP contribution in [-0.2, 0) is 6.61 Å². The maximum Gasteiger partial charge on any atom is 0.292 e. The molecule has 0 unspecified atom stereocenters. The van der Waals surface area contributed by atoms with Crippen LogP contribution in [0.3, 0.4) is 0 Å². The van der Waals surface area contributed by atoms with E-state index >= 15 is 0 Å². The number of hydrogen-bond donors (Lipinski definition) is 1. The van der Waals surface area contributed by atoms with Crippen LogP contribution >= 0.6 is 0 Å². The topological polar surface area (TPSA) is 78.4 Å². The van der Waals surface area contributed by atoms with Crippen molar-refractivity contribution in [2.45, 2.75) is 20.5 Å². The predicted octanol–water partition coefficient (Wildman–Crippen LogP) is 3.37. The number of nitrogens with zero attached hydrogens (tertiary/aromatic N) is 1. The lowest BCUT2D eigenvalue weighted by molar-refractivity contribution is -0.384. The lowest BCUT2D eigenvalue weighted by Crippen LogP contribution is -2.03. The summed E-state index contributed by atoms with van der Waals surface area (Å²) in [7, 11) is 0. The van der Waals surface area contributed by atoms with Gasteiger partial charge in [-0.25, -0.2) is 0 Å². The zero-order valence-corrected chi connectivity index (χ0v) is 11.4. The Kier molecular flexibility index (Phi) is 3.89. The number of rotatable bonds is 4. The van der Waals surface area contributed by atoms with Gasteiger partial charge in [0.1, 0.15) is 18.0 Å². The maximum atomic E-state index is 10.8. The number of nitrogens with two attached hydrogens (primary N) is 1. The second-order valence-electron chi connectivity index (χ2n) is 4.64. The fourth-order valence-electron chi connectivity index (χ4n) is 1.85. The van der Waals surface area contributed by atoms with Gasteiger partial charge in [-0.3, -0.25) is 10.1 Å². The number of para-hydroxylation sites is 1. The molecule has 0 saturated heterocycles. The van der Waals surface area contributed by atoms with Gasteiger partial charge in [0, 0.05) is 11.6 Å². The fourth-order valence-corrected chi connectivity index (χ4v) is 1.85. The number of nitro benzene ring substituents is 1. The zero-order valence-electron chi connectivity index (χ0n) is 11.4. The molecule has 2 aromatic carbocycles. The van der Waals surface area contributed by atoms with Crippen LogP contribution in [0, 0.1) is 24.0 Å². The van der Waals surface area contributed by atoms with Gasteiger partial charge in [-0.05, 0) is 37.1 Å². The van der Waals surface area contributed by atoms with Crippen molar-refractivity contribution < 1.29 is 9.66 Å². The number of ether oxygens (including phenoxy) is 1. The van der Waals surface area contributed by atoms with Crippen LogP contribution in [0.1, 0.15) is 16.7 Å². The van der Waals surface area contributed by atoms with Gasteiger partial charge in [0.2, 0.25) is 0 Å². The summed E-state index contributed by atoms with van der Waals surface area (Å²) in [6.45, 7) is 4.23. The number of hydrogen-bond acceptors (Lipinski definition) is 4. The van der Waals surface area contributed by atoms with E-state index in [-0.39, 0.29) is 18.0 Å². The Balaban J connectivity index is 2.17. The van der Waals surface area contributed by atoms with E-state index in [1.165, 1.54) is 11.6 Å². The van der Waals surface area contributed by atoms with Crippen LogP contribution < -0.4 is 10.5 Å². The highest BCUT2D eigenvalue weighted by Crippen LogP contribution is 2.26. The molecule has 0 aliphatic rings. The lowest BCUT2D eigenvalue weighted by Gasteiger charge is -2.10. The van der Waals surface area contributed by atoms with Crippen molar-refractivity contribution in [3.05, 3.63) is 63.2 Å². The summed E-state index contributed by atoms with van der Waals surface area (Å²) >= 11 is 0. The van der Waals surface area contributed by atoms with Gasteiger partial charge in [-0.1, -0.05) is 18.2 Å². The molecule has 0 heterocycles. The Morgan fingerprint density at radius 3 is 2.60 bits per heavy atom. The van der Waals surface area contributed by atoms with E-state index in [1.54, 1.807) is 12.1 Å². The van der Waals surface area contributed by atoms with Crippen LogP contribution in [0.5, 0.6) is 5.75 Å². The van der Waals surface area contributed by atoms with Crippen molar-refractivity contribution in [2.75, 3.05) is 5.73 Å². The number of nitro groups is 1. The van der Waals surface area contributed by atoms with Gasteiger partial charge in [0.25, 0.3) is 5.69 Å². The first-order valence-electron chi connectivity index (χ1n) is 6.21. The Labute approximate surface area is 117 Å². The molecule has 2 aromatic rings.